The van der Waals surface area contributed by atoms with Crippen LogP contribution in [0.15, 0.2) is 5.38 Å². The molecule has 0 unspecified atom stereocenters. The Morgan fingerprint density at radius 3 is 3.00 bits per heavy atom. The van der Waals surface area contributed by atoms with Crippen LogP contribution >= 0.6 is 11.3 Å². The Balaban J connectivity index is 2.19. The standard InChI is InChI=1S/C11H21N3OS/c1-4-12-7-11-13-10(9-16-11)8-15-6-5-14(2)3/h9,12H,4-8H2,1-3H3. The van der Waals surface area contributed by atoms with Gasteiger partial charge >= 0.3 is 0 Å². The summed E-state index contributed by atoms with van der Waals surface area (Å²) in [6.45, 7) is 6.27. The fraction of sp³-hybridized carbons (Fsp3) is 0.727. The largest absolute Gasteiger partial charge is 0.374 e. The highest BCUT2D eigenvalue weighted by atomic mass is 32.1. The first-order valence-electron chi connectivity index (χ1n) is 5.59. The van der Waals surface area contributed by atoms with Crippen molar-refractivity contribution in [3.05, 3.63) is 16.1 Å². The number of ether oxygens (including phenoxy) is 1. The van der Waals surface area contributed by atoms with Gasteiger partial charge in [0.2, 0.25) is 0 Å². The van der Waals surface area contributed by atoms with E-state index in [9.17, 15) is 0 Å². The number of aromatic nitrogens is 1. The van der Waals surface area contributed by atoms with Crippen molar-refractivity contribution in [1.82, 2.24) is 15.2 Å². The number of nitrogens with one attached hydrogen (secondary N) is 1. The topological polar surface area (TPSA) is 37.4 Å². The summed E-state index contributed by atoms with van der Waals surface area (Å²) >= 11 is 1.69. The van der Waals surface area contributed by atoms with E-state index in [4.69, 9.17) is 4.74 Å². The average molecular weight is 243 g/mol. The zero-order chi connectivity index (χ0) is 11.8. The molecule has 1 aromatic rings. The van der Waals surface area contributed by atoms with E-state index in [1.807, 2.05) is 14.1 Å². The molecule has 0 bridgehead atoms. The van der Waals surface area contributed by atoms with Gasteiger partial charge < -0.3 is 15.0 Å². The Bertz CT molecular complexity index is 289. The molecule has 0 atom stereocenters. The van der Waals surface area contributed by atoms with Crippen LogP contribution in [-0.2, 0) is 17.9 Å². The van der Waals surface area contributed by atoms with Gasteiger partial charge in [0.1, 0.15) is 5.01 Å². The molecular weight excluding hydrogens is 222 g/mol. The first kappa shape index (κ1) is 13.6. The van der Waals surface area contributed by atoms with Crippen molar-refractivity contribution in [3.8, 4) is 0 Å². The van der Waals surface area contributed by atoms with Gasteiger partial charge in [-0.05, 0) is 20.6 Å². The lowest BCUT2D eigenvalue weighted by molar-refractivity contribution is 0.103. The van der Waals surface area contributed by atoms with Gasteiger partial charge in [-0.2, -0.15) is 0 Å². The Morgan fingerprint density at radius 1 is 1.50 bits per heavy atom. The third-order valence-electron chi connectivity index (χ3n) is 2.06. The monoisotopic (exact) mass is 243 g/mol. The molecule has 0 aliphatic heterocycles. The predicted octanol–water partition coefficient (Wildman–Crippen LogP) is 1.33. The van der Waals surface area contributed by atoms with Gasteiger partial charge in [-0.15, -0.1) is 11.3 Å². The molecule has 0 aliphatic rings. The third kappa shape index (κ3) is 5.55. The Kier molecular flexibility index (Phi) is 6.56. The van der Waals surface area contributed by atoms with Gasteiger partial charge in [0.25, 0.3) is 0 Å². The first-order valence-corrected chi connectivity index (χ1v) is 6.46. The summed E-state index contributed by atoms with van der Waals surface area (Å²) < 4.78 is 5.53. The highest BCUT2D eigenvalue weighted by molar-refractivity contribution is 7.09. The molecule has 92 valence electrons. The van der Waals surface area contributed by atoms with Crippen LogP contribution in [0.1, 0.15) is 17.6 Å². The fourth-order valence-electron chi connectivity index (χ4n) is 1.15. The van der Waals surface area contributed by atoms with Gasteiger partial charge in [0.05, 0.1) is 18.9 Å². The molecule has 0 aliphatic carbocycles. The number of likely N-dealkylation sites (N-methyl/N-ethyl adjacent to an activating group) is 1. The van der Waals surface area contributed by atoms with Crippen molar-refractivity contribution in [1.29, 1.82) is 0 Å². The second-order valence-electron chi connectivity index (χ2n) is 3.87. The summed E-state index contributed by atoms with van der Waals surface area (Å²) in [4.78, 5) is 6.59. The van der Waals surface area contributed by atoms with Crippen LogP contribution < -0.4 is 5.32 Å². The van der Waals surface area contributed by atoms with Crippen molar-refractivity contribution in [2.75, 3.05) is 33.8 Å². The molecule has 0 radical (unpaired) electrons. The van der Waals surface area contributed by atoms with Crippen LogP contribution in [-0.4, -0.2) is 43.7 Å². The summed E-state index contributed by atoms with van der Waals surface area (Å²) in [6, 6.07) is 0. The number of thiazole rings is 1. The van der Waals surface area contributed by atoms with Gasteiger partial charge in [-0.3, -0.25) is 0 Å². The summed E-state index contributed by atoms with van der Waals surface area (Å²) in [5.74, 6) is 0. The SMILES string of the molecule is CCNCc1nc(COCCN(C)C)cs1. The smallest absolute Gasteiger partial charge is 0.107 e. The van der Waals surface area contributed by atoms with Crippen LogP contribution in [0.4, 0.5) is 0 Å². The number of hydrogen-bond acceptors (Lipinski definition) is 5. The molecule has 5 heteroatoms. The minimum atomic E-state index is 0.621. The molecular formula is C11H21N3OS. The van der Waals surface area contributed by atoms with Crippen molar-refractivity contribution >= 4 is 11.3 Å². The normalized spacial score (nSPS) is 11.2. The molecule has 0 aromatic carbocycles. The summed E-state index contributed by atoms with van der Waals surface area (Å²) in [7, 11) is 4.08. The van der Waals surface area contributed by atoms with E-state index in [-0.39, 0.29) is 0 Å². The lowest BCUT2D eigenvalue weighted by Gasteiger charge is -2.08. The van der Waals surface area contributed by atoms with Crippen molar-refractivity contribution < 1.29 is 4.74 Å². The Hall–Kier alpha value is -0.490. The Morgan fingerprint density at radius 2 is 2.31 bits per heavy atom. The maximum atomic E-state index is 5.53. The molecule has 1 N–H and O–H groups in total. The predicted molar refractivity (Wildman–Crippen MR) is 67.7 cm³/mol. The second kappa shape index (κ2) is 7.73. The molecule has 0 amide bonds. The molecule has 0 fully saturated rings. The quantitative estimate of drug-likeness (QED) is 0.699. The molecule has 1 heterocycles. The number of hydrogen-bond donors (Lipinski definition) is 1. The van der Waals surface area contributed by atoms with E-state index in [0.717, 1.165) is 36.9 Å². The maximum Gasteiger partial charge on any atom is 0.107 e. The molecule has 1 aromatic heterocycles. The zero-order valence-corrected chi connectivity index (χ0v) is 11.1. The number of nitrogens with zero attached hydrogens (tertiary/aromatic N) is 2. The van der Waals surface area contributed by atoms with Crippen LogP contribution in [0.5, 0.6) is 0 Å². The minimum absolute atomic E-state index is 0.621. The molecule has 4 nitrogen and oxygen atoms in total. The van der Waals surface area contributed by atoms with E-state index < -0.39 is 0 Å². The third-order valence-corrected chi connectivity index (χ3v) is 2.96. The van der Waals surface area contributed by atoms with Gasteiger partial charge in [-0.1, -0.05) is 6.92 Å². The molecule has 16 heavy (non-hydrogen) atoms. The van der Waals surface area contributed by atoms with E-state index in [0.29, 0.717) is 6.61 Å². The average Bonchev–Trinajstić information content (AvgIpc) is 2.69. The van der Waals surface area contributed by atoms with E-state index in [2.05, 4.69) is 27.5 Å². The lowest BCUT2D eigenvalue weighted by Crippen LogP contribution is -2.18. The second-order valence-corrected chi connectivity index (χ2v) is 4.81. The molecule has 1 rings (SSSR count). The van der Waals surface area contributed by atoms with Crippen LogP contribution in [0.3, 0.4) is 0 Å². The van der Waals surface area contributed by atoms with Crippen molar-refractivity contribution in [2.24, 2.45) is 0 Å². The van der Waals surface area contributed by atoms with Crippen molar-refractivity contribution in [2.45, 2.75) is 20.1 Å². The zero-order valence-electron chi connectivity index (χ0n) is 10.3. The molecule has 0 spiro atoms. The molecule has 0 saturated carbocycles. The van der Waals surface area contributed by atoms with Gasteiger partial charge in [0.15, 0.2) is 0 Å². The summed E-state index contributed by atoms with van der Waals surface area (Å²) in [5.41, 5.74) is 1.04. The van der Waals surface area contributed by atoms with Crippen LogP contribution in [0.25, 0.3) is 0 Å². The minimum Gasteiger partial charge on any atom is -0.374 e. The maximum absolute atomic E-state index is 5.53. The van der Waals surface area contributed by atoms with Gasteiger partial charge in [0, 0.05) is 18.5 Å². The van der Waals surface area contributed by atoms with Gasteiger partial charge in [-0.25, -0.2) is 4.98 Å². The van der Waals surface area contributed by atoms with Crippen LogP contribution in [0, 0.1) is 0 Å². The van der Waals surface area contributed by atoms with Crippen molar-refractivity contribution in [3.63, 3.8) is 0 Å². The number of rotatable bonds is 8. The summed E-state index contributed by atoms with van der Waals surface area (Å²) in [6.07, 6.45) is 0. The first-order chi connectivity index (χ1) is 7.72. The lowest BCUT2D eigenvalue weighted by atomic mass is 10.5. The summed E-state index contributed by atoms with van der Waals surface area (Å²) in [5, 5.41) is 6.46. The van der Waals surface area contributed by atoms with E-state index in [1.165, 1.54) is 0 Å². The fourth-order valence-corrected chi connectivity index (χ4v) is 1.90. The highest BCUT2D eigenvalue weighted by Crippen LogP contribution is 2.10. The Labute approximate surface area is 102 Å². The van der Waals surface area contributed by atoms with E-state index in [1.54, 1.807) is 11.3 Å². The van der Waals surface area contributed by atoms with E-state index >= 15 is 0 Å². The molecule has 0 saturated heterocycles. The van der Waals surface area contributed by atoms with Crippen LogP contribution in [0.2, 0.25) is 0 Å². The highest BCUT2D eigenvalue weighted by Gasteiger charge is 2.01.